The topological polar surface area (TPSA) is 89.5 Å². The fraction of sp³-hybridized carbons (Fsp3) is 0.480. The van der Waals surface area contributed by atoms with E-state index < -0.39 is 21.2 Å². The first-order chi connectivity index (χ1) is 30.3. The highest BCUT2D eigenvalue weighted by Crippen LogP contribution is 2.60. The molecule has 8 aliphatic rings. The summed E-state index contributed by atoms with van der Waals surface area (Å²) in [6, 6.07) is 24.4. The van der Waals surface area contributed by atoms with E-state index in [9.17, 15) is 9.59 Å². The average Bonchev–Trinajstić information content (AvgIpc) is 3.24. The summed E-state index contributed by atoms with van der Waals surface area (Å²) >= 11 is 8.58. The zero-order valence-corrected chi connectivity index (χ0v) is 46.0. The number of esters is 2. The lowest BCUT2D eigenvalue weighted by Gasteiger charge is -2.59. The molecule has 12 rings (SSSR count). The van der Waals surface area contributed by atoms with Gasteiger partial charge < -0.3 is 28.4 Å². The lowest BCUT2D eigenvalue weighted by Crippen LogP contribution is -3.61. The Bertz CT molecular complexity index is 2160. The third-order valence-electron chi connectivity index (χ3n) is 15.2. The van der Waals surface area contributed by atoms with Crippen molar-refractivity contribution in [2.24, 2.45) is 47.3 Å². The summed E-state index contributed by atoms with van der Waals surface area (Å²) in [5.41, 5.74) is -0.718. The van der Waals surface area contributed by atoms with Gasteiger partial charge in [-0.2, -0.15) is 0 Å². The maximum absolute atomic E-state index is 13.1. The number of hydrogen-bond acceptors (Lipinski definition) is 8. The molecule has 0 amide bonds. The van der Waals surface area contributed by atoms with E-state index >= 15 is 0 Å². The fourth-order valence-electron chi connectivity index (χ4n) is 12.3. The van der Waals surface area contributed by atoms with Gasteiger partial charge in [-0.05, 0) is 289 Å². The lowest BCUT2D eigenvalue weighted by molar-refractivity contribution is -0.597. The Morgan fingerprint density at radius 1 is 0.492 bits per heavy atom. The number of ether oxygens (including phenoxy) is 6. The Hall–Kier alpha value is -1.33. The van der Waals surface area contributed by atoms with Crippen LogP contribution in [0.15, 0.2) is 72.8 Å². The Labute approximate surface area is 434 Å². The lowest BCUT2D eigenvalue weighted by atomic mass is 9.50. The highest BCUT2D eigenvalue weighted by molar-refractivity contribution is 14.1. The largest absolute Gasteiger partial charge is 0.481 e. The van der Waals surface area contributed by atoms with Crippen molar-refractivity contribution < 1.29 is 59.2 Å². The van der Waals surface area contributed by atoms with Crippen molar-refractivity contribution >= 4 is 102 Å². The molecule has 332 valence electrons. The normalized spacial score (nSPS) is 30.8. The molecular weight excluding hydrogens is 1360 g/mol. The minimum absolute atomic E-state index is 0.0982. The number of carbonyl (C=O) groups excluding carboxylic acids is 2. The molecule has 0 unspecified atom stereocenters. The molecule has 8 fully saturated rings. The summed E-state index contributed by atoms with van der Waals surface area (Å²) in [4.78, 5) is 26.2. The van der Waals surface area contributed by atoms with Gasteiger partial charge in [-0.1, -0.05) is 0 Å². The Kier molecular flexibility index (Phi) is 13.4. The van der Waals surface area contributed by atoms with Gasteiger partial charge in [0, 0.05) is 0 Å². The summed E-state index contributed by atoms with van der Waals surface area (Å²) < 4.78 is 43.2. The maximum atomic E-state index is 13.1. The van der Waals surface area contributed by atoms with E-state index in [4.69, 9.17) is 28.4 Å². The first-order valence-electron chi connectivity index (χ1n) is 22.1. The molecule has 0 aliphatic heterocycles. The summed E-state index contributed by atoms with van der Waals surface area (Å²) in [6.07, 6.45) is 12.3. The molecular formula is C50H50I5O8+. The summed E-state index contributed by atoms with van der Waals surface area (Å²) in [5.74, 6) is 8.96. The Morgan fingerprint density at radius 3 is 1.13 bits per heavy atom. The minimum Gasteiger partial charge on any atom is -0.481 e. The van der Waals surface area contributed by atoms with Crippen LogP contribution in [0.25, 0.3) is 0 Å². The van der Waals surface area contributed by atoms with Gasteiger partial charge in [0.25, 0.3) is 0 Å². The first-order valence-corrected chi connectivity index (χ1v) is 28.6. The van der Waals surface area contributed by atoms with Crippen molar-refractivity contribution in [2.45, 2.75) is 89.3 Å². The van der Waals surface area contributed by atoms with E-state index in [0.29, 0.717) is 35.2 Å². The molecule has 4 aromatic carbocycles. The molecule has 0 radical (unpaired) electrons. The second-order valence-electron chi connectivity index (χ2n) is 19.1. The maximum Gasteiger partial charge on any atom is 0.357 e. The van der Waals surface area contributed by atoms with Crippen LogP contribution in [-0.4, -0.2) is 36.4 Å². The number of carbonyl (C=O) groups is 2. The molecule has 0 atom stereocenters. The molecule has 8 nitrogen and oxygen atoms in total. The van der Waals surface area contributed by atoms with Crippen LogP contribution in [0, 0.1) is 68.8 Å². The van der Waals surface area contributed by atoms with Crippen LogP contribution < -0.4 is 40.2 Å². The molecule has 0 N–H and O–H groups in total. The molecule has 0 saturated heterocycles. The average molecular weight is 1410 g/mol. The third-order valence-corrected chi connectivity index (χ3v) is 21.2. The van der Waals surface area contributed by atoms with Crippen molar-refractivity contribution in [3.05, 3.63) is 94.2 Å². The van der Waals surface area contributed by atoms with E-state index in [1.165, 1.54) is 71.3 Å². The van der Waals surface area contributed by atoms with Gasteiger partial charge in [0.05, 0.1) is 14.3 Å². The quantitative estimate of drug-likeness (QED) is 0.0912. The van der Waals surface area contributed by atoms with Gasteiger partial charge in [-0.3, -0.25) is 0 Å². The number of hydrogen-bond donors (Lipinski definition) is 0. The van der Waals surface area contributed by atoms with Crippen LogP contribution in [0.5, 0.6) is 34.5 Å². The van der Waals surface area contributed by atoms with E-state index in [1.807, 2.05) is 48.5 Å². The molecule has 0 heterocycles. The molecule has 8 saturated carbocycles. The number of rotatable bonds is 14. The number of halogens is 5. The third kappa shape index (κ3) is 9.71. The van der Waals surface area contributed by atoms with Crippen LogP contribution in [0.4, 0.5) is 0 Å². The molecule has 0 spiro atoms. The van der Waals surface area contributed by atoms with E-state index in [2.05, 4.69) is 128 Å². The molecule has 0 aromatic heterocycles. The zero-order chi connectivity index (χ0) is 43.6. The molecule has 8 aliphatic carbocycles. The van der Waals surface area contributed by atoms with Gasteiger partial charge in [-0.15, -0.1) is 0 Å². The highest BCUT2D eigenvalue weighted by atomic mass is 127. The van der Waals surface area contributed by atoms with Gasteiger partial charge in [0.15, 0.2) is 20.4 Å². The van der Waals surface area contributed by atoms with Gasteiger partial charge in [-0.25, -0.2) is 9.59 Å². The Balaban J connectivity index is 0.688. The monoisotopic (exact) mass is 1410 g/mol. The van der Waals surface area contributed by atoms with E-state index in [0.717, 1.165) is 61.0 Å². The predicted molar refractivity (Wildman–Crippen MR) is 268 cm³/mol. The number of benzene rings is 4. The summed E-state index contributed by atoms with van der Waals surface area (Å²) in [6.45, 7) is 4.14. The van der Waals surface area contributed by atoms with Crippen LogP contribution in [0.3, 0.4) is 0 Å². The smallest absolute Gasteiger partial charge is 0.357 e. The van der Waals surface area contributed by atoms with Crippen molar-refractivity contribution in [1.82, 2.24) is 0 Å². The summed E-state index contributed by atoms with van der Waals surface area (Å²) in [7, 11) is 0. The van der Waals surface area contributed by atoms with E-state index in [-0.39, 0.29) is 36.4 Å². The zero-order valence-electron chi connectivity index (χ0n) is 35.2. The standard InChI is InChI=1S/C50H50I5O8/c1-49(31-13-27-11-28(15-31)16-32(49)14-27)62-47(56)25-58-43-21-41(53)45(23-39(43)51)60-37-7-3-35(4-8-37)55-36-5-9-38(10-6-36)61-46-24-40(52)44(22-42(46)54)59-26-48(57)63-50(2)33-17-29-12-30(19-33)20-34(50)18-29/h3-10,21-24,27-34H,11-20,25-26H2,1-2H3/q+1. The molecule has 8 bridgehead atoms. The molecule has 4 aromatic rings. The van der Waals surface area contributed by atoms with Gasteiger partial charge >= 0.3 is 33.1 Å². The fourth-order valence-corrected chi connectivity index (χ4v) is 16.7. The van der Waals surface area contributed by atoms with Crippen molar-refractivity contribution in [2.75, 3.05) is 13.2 Å². The van der Waals surface area contributed by atoms with Crippen molar-refractivity contribution in [3.63, 3.8) is 0 Å². The molecule has 13 heteroatoms. The van der Waals surface area contributed by atoms with Gasteiger partial charge in [0.2, 0.25) is 0 Å². The first kappa shape index (κ1) is 45.5. The SMILES string of the molecule is CC1(OC(=O)COc2cc(I)c(Oc3ccc([I+]c4ccc(Oc5cc(I)c(OCC(=O)OC6(C)C7CC8CC(C7)CC6C8)cc5I)cc4)cc3)cc2I)C2CC3CC(C2)CC1C3. The van der Waals surface area contributed by atoms with Crippen LogP contribution in [-0.2, 0) is 19.1 Å². The Morgan fingerprint density at radius 2 is 0.794 bits per heavy atom. The van der Waals surface area contributed by atoms with Crippen LogP contribution in [0.1, 0.15) is 78.1 Å². The highest BCUT2D eigenvalue weighted by Gasteiger charge is 2.58. The molecule has 63 heavy (non-hydrogen) atoms. The second-order valence-corrected chi connectivity index (χ2v) is 26.8. The second kappa shape index (κ2) is 18.6. The van der Waals surface area contributed by atoms with Crippen molar-refractivity contribution in [3.8, 4) is 34.5 Å². The minimum atomic E-state index is -0.421. The van der Waals surface area contributed by atoms with Crippen molar-refractivity contribution in [1.29, 1.82) is 0 Å². The van der Waals surface area contributed by atoms with Gasteiger partial charge in [0.1, 0.15) is 45.7 Å². The summed E-state index contributed by atoms with van der Waals surface area (Å²) in [5, 5.41) is 0. The van der Waals surface area contributed by atoms with Crippen LogP contribution in [0.2, 0.25) is 0 Å². The predicted octanol–water partition coefficient (Wildman–Crippen LogP) is 10.1. The van der Waals surface area contributed by atoms with E-state index in [1.54, 1.807) is 0 Å². The van der Waals surface area contributed by atoms with Crippen LogP contribution >= 0.6 is 90.4 Å².